The second-order valence-electron chi connectivity index (χ2n) is 11.2. The molecule has 0 heterocycles. The first-order chi connectivity index (χ1) is 23.8. The molecule has 4 rings (SSSR count). The smallest absolute Gasteiger partial charge is 0.337 e. The Morgan fingerprint density at radius 2 is 1.18 bits per heavy atom. The first-order valence-electron chi connectivity index (χ1n) is 15.3. The molecule has 14 heteroatoms. The van der Waals surface area contributed by atoms with E-state index in [4.69, 9.17) is 16.2 Å². The highest BCUT2D eigenvalue weighted by Crippen LogP contribution is 2.28. The van der Waals surface area contributed by atoms with Crippen molar-refractivity contribution in [2.45, 2.75) is 32.4 Å². The van der Waals surface area contributed by atoms with Crippen LogP contribution < -0.4 is 37.5 Å². The zero-order valence-electron chi connectivity index (χ0n) is 27.4. The Labute approximate surface area is 287 Å². The van der Waals surface area contributed by atoms with E-state index in [2.05, 4.69) is 26.0 Å². The molecule has 0 aliphatic carbocycles. The summed E-state index contributed by atoms with van der Waals surface area (Å²) >= 11 is 0. The van der Waals surface area contributed by atoms with Crippen molar-refractivity contribution < 1.29 is 38.2 Å². The molecule has 0 unspecified atom stereocenters. The van der Waals surface area contributed by atoms with Gasteiger partial charge in [-0.3, -0.25) is 24.0 Å². The fraction of sp³-hybridized carbons (Fsp3) is 0.167. The molecular weight excluding hydrogens is 644 g/mol. The van der Waals surface area contributed by atoms with E-state index in [1.165, 1.54) is 86.0 Å². The molecule has 0 spiro atoms. The van der Waals surface area contributed by atoms with Crippen molar-refractivity contribution in [1.82, 2.24) is 5.32 Å². The minimum absolute atomic E-state index is 0.237. The summed E-state index contributed by atoms with van der Waals surface area (Å²) in [6.07, 6.45) is -0.731. The number of benzene rings is 4. The first-order valence-corrected chi connectivity index (χ1v) is 15.3. The van der Waals surface area contributed by atoms with Gasteiger partial charge in [-0.25, -0.2) is 4.79 Å². The van der Waals surface area contributed by atoms with Crippen molar-refractivity contribution in [3.63, 3.8) is 0 Å². The van der Waals surface area contributed by atoms with Gasteiger partial charge in [-0.15, -0.1) is 0 Å². The average molecular weight is 681 g/mol. The molecule has 0 saturated heterocycles. The lowest BCUT2D eigenvalue weighted by atomic mass is 10.1. The van der Waals surface area contributed by atoms with Crippen LogP contribution in [-0.2, 0) is 14.3 Å². The van der Waals surface area contributed by atoms with Gasteiger partial charge in [-0.2, -0.15) is 0 Å². The maximum Gasteiger partial charge on any atom is 0.337 e. The largest absolute Gasteiger partial charge is 0.489 e. The van der Waals surface area contributed by atoms with Gasteiger partial charge in [0.2, 0.25) is 11.8 Å². The van der Waals surface area contributed by atoms with Gasteiger partial charge in [0, 0.05) is 33.8 Å². The summed E-state index contributed by atoms with van der Waals surface area (Å²) in [5.41, 5.74) is 13.6. The van der Waals surface area contributed by atoms with Gasteiger partial charge in [0.25, 0.3) is 17.7 Å². The fourth-order valence-corrected chi connectivity index (χ4v) is 4.54. The molecule has 0 aliphatic heterocycles. The molecule has 0 radical (unpaired) electrons. The van der Waals surface area contributed by atoms with Gasteiger partial charge in [0.15, 0.2) is 0 Å². The van der Waals surface area contributed by atoms with E-state index in [-0.39, 0.29) is 28.5 Å². The molecule has 5 amide bonds. The van der Waals surface area contributed by atoms with Gasteiger partial charge in [0.05, 0.1) is 30.9 Å². The Bertz CT molecular complexity index is 1890. The zero-order valence-corrected chi connectivity index (χ0v) is 27.4. The van der Waals surface area contributed by atoms with Gasteiger partial charge >= 0.3 is 5.97 Å². The second-order valence-corrected chi connectivity index (χ2v) is 11.2. The Balaban J connectivity index is 1.42. The molecule has 4 aromatic rings. The van der Waals surface area contributed by atoms with Crippen molar-refractivity contribution in [3.05, 3.63) is 113 Å². The van der Waals surface area contributed by atoms with Crippen molar-refractivity contribution >= 4 is 58.3 Å². The van der Waals surface area contributed by atoms with Crippen molar-refractivity contribution in [3.8, 4) is 5.75 Å². The molecule has 50 heavy (non-hydrogen) atoms. The van der Waals surface area contributed by atoms with E-state index in [0.717, 1.165) is 0 Å². The molecule has 4 aromatic carbocycles. The summed E-state index contributed by atoms with van der Waals surface area (Å²) in [6.45, 7) is 3.59. The van der Waals surface area contributed by atoms with Crippen LogP contribution >= 0.6 is 0 Å². The summed E-state index contributed by atoms with van der Waals surface area (Å²) in [5, 5.41) is 10.6. The summed E-state index contributed by atoms with van der Waals surface area (Å²) in [7, 11) is 1.28. The molecule has 14 nitrogen and oxygen atoms in total. The number of hydrogen-bond acceptors (Lipinski definition) is 9. The number of nitrogens with two attached hydrogens (primary N) is 2. The minimum Gasteiger partial charge on any atom is -0.489 e. The number of nitrogen functional groups attached to an aromatic ring is 1. The minimum atomic E-state index is -1.27. The van der Waals surface area contributed by atoms with Crippen LogP contribution in [0.2, 0.25) is 0 Å². The molecular formula is C36H36N6O8. The van der Waals surface area contributed by atoms with Crippen LogP contribution in [-0.4, -0.2) is 54.8 Å². The van der Waals surface area contributed by atoms with Gasteiger partial charge in [0.1, 0.15) is 11.8 Å². The fourth-order valence-electron chi connectivity index (χ4n) is 4.54. The van der Waals surface area contributed by atoms with Crippen LogP contribution in [0, 0.1) is 0 Å². The Hall–Kier alpha value is -6.70. The average Bonchev–Trinajstić information content (AvgIpc) is 3.08. The monoisotopic (exact) mass is 680 g/mol. The standard InChI is InChI=1S/C36H36N6O8/c1-20(2)50-30-18-24(34(46)39-26-15-8-23(9-16-26)36(48)49-3)10-17-28(30)41-32(44)22-6-13-27(14-7-22)40-35(47)29(19-31(38)43)42-33(45)21-4-11-25(37)12-5-21/h4-18,20,29H,19,37H2,1-3H3,(H2,38,43)(H,39,46)(H,40,47)(H,41,44)(H,42,45)/t29-/m0/s1. The number of nitrogens with one attached hydrogen (secondary N) is 4. The predicted octanol–water partition coefficient (Wildman–Crippen LogP) is 3.96. The van der Waals surface area contributed by atoms with E-state index in [1.54, 1.807) is 26.0 Å². The molecule has 0 saturated carbocycles. The highest BCUT2D eigenvalue weighted by Gasteiger charge is 2.24. The quantitative estimate of drug-likeness (QED) is 0.0887. The number of methoxy groups -OCH3 is 1. The van der Waals surface area contributed by atoms with Crippen LogP contribution in [0.3, 0.4) is 0 Å². The van der Waals surface area contributed by atoms with E-state index in [1.807, 2.05) is 0 Å². The van der Waals surface area contributed by atoms with Crippen LogP contribution in [0.5, 0.6) is 5.75 Å². The van der Waals surface area contributed by atoms with Gasteiger partial charge in [-0.1, -0.05) is 0 Å². The number of hydrogen-bond donors (Lipinski definition) is 6. The highest BCUT2D eigenvalue weighted by molar-refractivity contribution is 6.08. The van der Waals surface area contributed by atoms with Crippen molar-refractivity contribution in [2.24, 2.45) is 5.73 Å². The number of anilines is 4. The second kappa shape index (κ2) is 16.4. The predicted molar refractivity (Wildman–Crippen MR) is 187 cm³/mol. The van der Waals surface area contributed by atoms with E-state index >= 15 is 0 Å². The lowest BCUT2D eigenvalue weighted by Crippen LogP contribution is -2.46. The molecule has 0 aromatic heterocycles. The third-order valence-electron chi connectivity index (χ3n) is 7.03. The van der Waals surface area contributed by atoms with E-state index in [9.17, 15) is 28.8 Å². The van der Waals surface area contributed by atoms with Crippen LogP contribution in [0.25, 0.3) is 0 Å². The lowest BCUT2D eigenvalue weighted by Gasteiger charge is -2.18. The number of ether oxygens (including phenoxy) is 2. The summed E-state index contributed by atoms with van der Waals surface area (Å²) < 4.78 is 10.6. The molecule has 8 N–H and O–H groups in total. The van der Waals surface area contributed by atoms with Crippen LogP contribution in [0.1, 0.15) is 61.7 Å². The van der Waals surface area contributed by atoms with Crippen molar-refractivity contribution in [2.75, 3.05) is 28.8 Å². The number of carbonyl (C=O) groups is 6. The third kappa shape index (κ3) is 9.90. The molecule has 1 atom stereocenters. The number of esters is 1. The first kappa shape index (κ1) is 36.1. The third-order valence-corrected chi connectivity index (χ3v) is 7.03. The zero-order chi connectivity index (χ0) is 36.4. The maximum absolute atomic E-state index is 13.2. The number of rotatable bonds is 13. The maximum atomic E-state index is 13.2. The molecule has 0 aliphatic rings. The van der Waals surface area contributed by atoms with Gasteiger partial charge in [-0.05, 0) is 105 Å². The van der Waals surface area contributed by atoms with Gasteiger partial charge < -0.3 is 42.2 Å². The number of primary amides is 1. The Kier molecular flexibility index (Phi) is 11.9. The van der Waals surface area contributed by atoms with E-state index < -0.39 is 48.0 Å². The van der Waals surface area contributed by atoms with Crippen LogP contribution in [0.4, 0.5) is 22.7 Å². The highest BCUT2D eigenvalue weighted by atomic mass is 16.5. The van der Waals surface area contributed by atoms with E-state index in [0.29, 0.717) is 28.3 Å². The Morgan fingerprint density at radius 1 is 0.660 bits per heavy atom. The lowest BCUT2D eigenvalue weighted by molar-refractivity contribution is -0.123. The molecule has 258 valence electrons. The summed E-state index contributed by atoms with van der Waals surface area (Å²) in [4.78, 5) is 75.1. The number of carbonyl (C=O) groups excluding carboxylic acids is 6. The Morgan fingerprint density at radius 3 is 1.76 bits per heavy atom. The summed E-state index contributed by atoms with van der Waals surface area (Å²) in [5.74, 6) is -3.27. The normalized spacial score (nSPS) is 11.1. The molecule has 0 bridgehead atoms. The number of amides is 5. The summed E-state index contributed by atoms with van der Waals surface area (Å²) in [6, 6.07) is 21.4. The SMILES string of the molecule is COC(=O)c1ccc(NC(=O)c2ccc(NC(=O)c3ccc(NC(=O)[C@H](CC(N)=O)NC(=O)c4ccc(N)cc4)cc3)c(OC(C)C)c2)cc1. The topological polar surface area (TPSA) is 221 Å². The van der Waals surface area contributed by atoms with Crippen LogP contribution in [0.15, 0.2) is 91.0 Å². The van der Waals surface area contributed by atoms with Crippen molar-refractivity contribution in [1.29, 1.82) is 0 Å². The molecule has 0 fully saturated rings.